The Labute approximate surface area is 141 Å². The fraction of sp³-hybridized carbons (Fsp3) is 0.263. The largest absolute Gasteiger partial charge is 0.465 e. The number of methoxy groups -OCH3 is 1. The molecule has 0 fully saturated rings. The lowest BCUT2D eigenvalue weighted by atomic mass is 9.98. The number of fused-ring (bicyclic) bond motifs is 1. The summed E-state index contributed by atoms with van der Waals surface area (Å²) in [6, 6.07) is 15.0. The van der Waals surface area contributed by atoms with Crippen molar-refractivity contribution in [2.24, 2.45) is 0 Å². The average molecular weight is 324 g/mol. The second kappa shape index (κ2) is 6.35. The highest BCUT2D eigenvalue weighted by atomic mass is 16.5. The predicted molar refractivity (Wildman–Crippen MR) is 92.0 cm³/mol. The second-order valence-electron chi connectivity index (χ2n) is 5.91. The molecule has 124 valence electrons. The van der Waals surface area contributed by atoms with E-state index >= 15 is 0 Å². The van der Waals surface area contributed by atoms with E-state index in [9.17, 15) is 9.59 Å². The van der Waals surface area contributed by atoms with Crippen LogP contribution in [-0.2, 0) is 11.3 Å². The van der Waals surface area contributed by atoms with E-state index in [4.69, 9.17) is 4.74 Å². The Morgan fingerprint density at radius 2 is 1.88 bits per heavy atom. The lowest BCUT2D eigenvalue weighted by Crippen LogP contribution is -2.46. The molecule has 0 radical (unpaired) electrons. The second-order valence-corrected chi connectivity index (χ2v) is 5.91. The summed E-state index contributed by atoms with van der Waals surface area (Å²) in [6.45, 7) is 2.43. The van der Waals surface area contributed by atoms with Gasteiger partial charge in [-0.3, -0.25) is 4.90 Å². The van der Waals surface area contributed by atoms with Crippen LogP contribution < -0.4 is 4.90 Å². The van der Waals surface area contributed by atoms with Crippen LogP contribution >= 0.6 is 0 Å². The van der Waals surface area contributed by atoms with Crippen molar-refractivity contribution in [3.63, 3.8) is 0 Å². The lowest BCUT2D eigenvalue weighted by Gasteiger charge is -2.39. The van der Waals surface area contributed by atoms with Crippen LogP contribution in [0.4, 0.5) is 10.5 Å². The van der Waals surface area contributed by atoms with Crippen LogP contribution in [0.15, 0.2) is 48.5 Å². The monoisotopic (exact) mass is 324 g/mol. The number of hydrogen-bond donors (Lipinski definition) is 0. The molecule has 24 heavy (non-hydrogen) atoms. The number of amides is 2. The smallest absolute Gasteiger partial charge is 0.337 e. The van der Waals surface area contributed by atoms with E-state index < -0.39 is 5.97 Å². The highest BCUT2D eigenvalue weighted by molar-refractivity contribution is 5.98. The number of ether oxygens (including phenoxy) is 1. The van der Waals surface area contributed by atoms with E-state index in [0.29, 0.717) is 12.1 Å². The Kier molecular flexibility index (Phi) is 4.25. The van der Waals surface area contributed by atoms with Crippen molar-refractivity contribution in [2.75, 3.05) is 19.1 Å². The van der Waals surface area contributed by atoms with E-state index in [1.54, 1.807) is 29.0 Å². The summed E-state index contributed by atoms with van der Waals surface area (Å²) in [7, 11) is 3.15. The minimum atomic E-state index is -0.406. The first-order valence-electron chi connectivity index (χ1n) is 7.83. The first kappa shape index (κ1) is 16.1. The highest BCUT2D eigenvalue weighted by Gasteiger charge is 2.33. The van der Waals surface area contributed by atoms with Gasteiger partial charge in [-0.25, -0.2) is 9.59 Å². The van der Waals surface area contributed by atoms with Gasteiger partial charge in [0.05, 0.1) is 30.9 Å². The third-order valence-electron chi connectivity index (χ3n) is 4.49. The van der Waals surface area contributed by atoms with Crippen LogP contribution in [0.1, 0.15) is 34.5 Å². The SMILES string of the molecule is COC(=O)c1ccc2c(c1)N(Cc1ccccc1)C(=O)N(C)[C@H]2C. The van der Waals surface area contributed by atoms with Crippen molar-refractivity contribution < 1.29 is 14.3 Å². The number of urea groups is 1. The third kappa shape index (κ3) is 2.73. The molecule has 0 saturated heterocycles. The quantitative estimate of drug-likeness (QED) is 0.811. The minimum absolute atomic E-state index is 0.0498. The Morgan fingerprint density at radius 3 is 2.54 bits per heavy atom. The van der Waals surface area contributed by atoms with Gasteiger partial charge in [0.15, 0.2) is 0 Å². The third-order valence-corrected chi connectivity index (χ3v) is 4.49. The Hall–Kier alpha value is -2.82. The molecule has 3 rings (SSSR count). The zero-order valence-corrected chi connectivity index (χ0v) is 14.0. The molecule has 0 saturated carbocycles. The van der Waals surface area contributed by atoms with Crippen molar-refractivity contribution in [1.29, 1.82) is 0 Å². The Bertz CT molecular complexity index is 773. The molecule has 1 atom stereocenters. The van der Waals surface area contributed by atoms with Crippen LogP contribution in [-0.4, -0.2) is 31.1 Å². The van der Waals surface area contributed by atoms with Gasteiger partial charge in [0.25, 0.3) is 0 Å². The summed E-state index contributed by atoms with van der Waals surface area (Å²) in [5.41, 5.74) is 3.25. The van der Waals surface area contributed by atoms with E-state index in [2.05, 4.69) is 0 Å². The number of esters is 1. The van der Waals surface area contributed by atoms with E-state index in [0.717, 1.165) is 16.8 Å². The molecule has 0 spiro atoms. The molecule has 2 amide bonds. The van der Waals surface area contributed by atoms with Gasteiger partial charge < -0.3 is 9.64 Å². The van der Waals surface area contributed by atoms with Crippen molar-refractivity contribution >= 4 is 17.7 Å². The molecule has 0 aliphatic carbocycles. The van der Waals surface area contributed by atoms with Gasteiger partial charge in [0, 0.05) is 7.05 Å². The Morgan fingerprint density at radius 1 is 1.17 bits per heavy atom. The summed E-state index contributed by atoms with van der Waals surface area (Å²) in [4.78, 5) is 28.1. The standard InChI is InChI=1S/C19H20N2O3/c1-13-16-10-9-15(18(22)24-3)11-17(16)21(19(23)20(13)2)12-14-7-5-4-6-8-14/h4-11,13H,12H2,1-3H3/t13-/m0/s1. The zero-order valence-electron chi connectivity index (χ0n) is 14.0. The molecule has 2 aromatic rings. The number of rotatable bonds is 3. The first-order valence-corrected chi connectivity index (χ1v) is 7.83. The summed E-state index contributed by atoms with van der Waals surface area (Å²) in [5.74, 6) is -0.406. The highest BCUT2D eigenvalue weighted by Crippen LogP contribution is 2.37. The molecule has 1 aliphatic heterocycles. The number of carbonyl (C=O) groups is 2. The zero-order chi connectivity index (χ0) is 17.3. The van der Waals surface area contributed by atoms with Gasteiger partial charge in [0.2, 0.25) is 0 Å². The molecule has 0 bridgehead atoms. The molecule has 0 aromatic heterocycles. The normalized spacial score (nSPS) is 16.8. The topological polar surface area (TPSA) is 49.9 Å². The molecule has 0 unspecified atom stereocenters. The van der Waals surface area contributed by atoms with Gasteiger partial charge in [-0.2, -0.15) is 0 Å². The number of benzene rings is 2. The number of carbonyl (C=O) groups excluding carboxylic acids is 2. The molecule has 1 heterocycles. The maximum atomic E-state index is 12.8. The molecule has 2 aromatic carbocycles. The van der Waals surface area contributed by atoms with Crippen LogP contribution in [0.2, 0.25) is 0 Å². The Balaban J connectivity index is 2.06. The van der Waals surface area contributed by atoms with E-state index in [1.807, 2.05) is 43.3 Å². The van der Waals surface area contributed by atoms with Crippen molar-refractivity contribution in [2.45, 2.75) is 19.5 Å². The molecule has 5 heteroatoms. The number of hydrogen-bond acceptors (Lipinski definition) is 3. The fourth-order valence-electron chi connectivity index (χ4n) is 2.96. The average Bonchev–Trinajstić information content (AvgIpc) is 2.63. The van der Waals surface area contributed by atoms with Gasteiger partial charge in [-0.15, -0.1) is 0 Å². The summed E-state index contributed by atoms with van der Waals surface area (Å²) in [6.07, 6.45) is 0. The predicted octanol–water partition coefficient (Wildman–Crippen LogP) is 3.61. The molecular weight excluding hydrogens is 304 g/mol. The van der Waals surface area contributed by atoms with Crippen LogP contribution in [0.25, 0.3) is 0 Å². The van der Waals surface area contributed by atoms with Gasteiger partial charge in [0.1, 0.15) is 0 Å². The van der Waals surface area contributed by atoms with Crippen LogP contribution in [0.5, 0.6) is 0 Å². The molecule has 1 aliphatic rings. The van der Waals surface area contributed by atoms with Crippen molar-refractivity contribution in [3.8, 4) is 0 Å². The van der Waals surface area contributed by atoms with Gasteiger partial charge in [-0.1, -0.05) is 36.4 Å². The summed E-state index contributed by atoms with van der Waals surface area (Å²) in [5, 5.41) is 0. The van der Waals surface area contributed by atoms with E-state index in [1.165, 1.54) is 7.11 Å². The fourth-order valence-corrected chi connectivity index (χ4v) is 2.96. The number of anilines is 1. The van der Waals surface area contributed by atoms with Crippen molar-refractivity contribution in [3.05, 3.63) is 65.2 Å². The van der Waals surface area contributed by atoms with E-state index in [-0.39, 0.29) is 12.1 Å². The molecule has 5 nitrogen and oxygen atoms in total. The van der Waals surface area contributed by atoms with Gasteiger partial charge in [-0.05, 0) is 30.2 Å². The summed E-state index contributed by atoms with van der Waals surface area (Å²) >= 11 is 0. The van der Waals surface area contributed by atoms with Crippen LogP contribution in [0.3, 0.4) is 0 Å². The number of nitrogens with zero attached hydrogens (tertiary/aromatic N) is 2. The van der Waals surface area contributed by atoms with Gasteiger partial charge >= 0.3 is 12.0 Å². The molecular formula is C19H20N2O3. The summed E-state index contributed by atoms with van der Waals surface area (Å²) < 4.78 is 4.80. The van der Waals surface area contributed by atoms with Crippen LogP contribution in [0, 0.1) is 0 Å². The molecule has 0 N–H and O–H groups in total. The first-order chi connectivity index (χ1) is 11.5. The van der Waals surface area contributed by atoms with Crippen molar-refractivity contribution in [1.82, 2.24) is 4.90 Å². The maximum absolute atomic E-state index is 12.8. The minimum Gasteiger partial charge on any atom is -0.465 e. The maximum Gasteiger partial charge on any atom is 0.337 e. The lowest BCUT2D eigenvalue weighted by molar-refractivity contribution is 0.0600.